The molecule has 8 aromatic rings. The Morgan fingerprint density at radius 1 is 0.279 bits per heavy atom. The maximum atomic E-state index is 2.40. The fourth-order valence-corrected chi connectivity index (χ4v) is 6.53. The molecule has 0 aliphatic carbocycles. The van der Waals surface area contributed by atoms with Crippen molar-refractivity contribution in [2.45, 2.75) is 6.92 Å². The highest BCUT2D eigenvalue weighted by molar-refractivity contribution is 6.22. The molecule has 0 heterocycles. The summed E-state index contributed by atoms with van der Waals surface area (Å²) in [7, 11) is 0. The van der Waals surface area contributed by atoms with Crippen molar-refractivity contribution in [2.75, 3.05) is 0 Å². The van der Waals surface area contributed by atoms with Gasteiger partial charge in [-0.2, -0.15) is 0 Å². The quantitative estimate of drug-likeness (QED) is 0.193. The average molecular weight is 547 g/mol. The lowest BCUT2D eigenvalue weighted by molar-refractivity contribution is 1.47. The van der Waals surface area contributed by atoms with Gasteiger partial charge in [-0.25, -0.2) is 0 Å². The minimum atomic E-state index is 1.23. The van der Waals surface area contributed by atoms with Crippen LogP contribution in [0.15, 0.2) is 164 Å². The van der Waals surface area contributed by atoms with E-state index in [9.17, 15) is 0 Å². The van der Waals surface area contributed by atoms with Crippen LogP contribution in [0.5, 0.6) is 0 Å². The van der Waals surface area contributed by atoms with Crippen molar-refractivity contribution in [3.05, 3.63) is 169 Å². The van der Waals surface area contributed by atoms with Gasteiger partial charge in [-0.05, 0) is 95.9 Å². The zero-order valence-corrected chi connectivity index (χ0v) is 24.1. The molecular weight excluding hydrogens is 516 g/mol. The molecule has 0 nitrogen and oxygen atoms in total. The molecule has 0 atom stereocenters. The lowest BCUT2D eigenvalue weighted by Crippen LogP contribution is -1.92. The van der Waals surface area contributed by atoms with Crippen LogP contribution in [0, 0.1) is 6.92 Å². The van der Waals surface area contributed by atoms with E-state index in [2.05, 4.69) is 171 Å². The largest absolute Gasteiger partial charge is 0.0622 e. The van der Waals surface area contributed by atoms with Crippen LogP contribution < -0.4 is 0 Å². The Hall–Kier alpha value is -5.46. The van der Waals surface area contributed by atoms with Crippen LogP contribution in [0.25, 0.3) is 76.8 Å². The first-order valence-electron chi connectivity index (χ1n) is 14.9. The number of hydrogen-bond acceptors (Lipinski definition) is 0. The van der Waals surface area contributed by atoms with Crippen LogP contribution in [0.4, 0.5) is 0 Å². The molecule has 0 heteroatoms. The lowest BCUT2D eigenvalue weighted by Gasteiger charge is -2.19. The van der Waals surface area contributed by atoms with Crippen LogP contribution in [0.1, 0.15) is 5.56 Å². The minimum absolute atomic E-state index is 1.23. The summed E-state index contributed by atoms with van der Waals surface area (Å²) < 4.78 is 0. The summed E-state index contributed by atoms with van der Waals surface area (Å²) in [6.07, 6.45) is 0. The Balaban J connectivity index is 1.43. The molecule has 0 saturated heterocycles. The Kier molecular flexibility index (Phi) is 6.12. The van der Waals surface area contributed by atoms with Gasteiger partial charge in [0.25, 0.3) is 0 Å². The summed E-state index contributed by atoms with van der Waals surface area (Å²) >= 11 is 0. The molecular formula is C43H30. The molecule has 0 spiro atoms. The predicted octanol–water partition coefficient (Wildman–Crippen LogP) is 12.1. The fourth-order valence-electron chi connectivity index (χ4n) is 6.53. The van der Waals surface area contributed by atoms with Crippen molar-refractivity contribution in [1.82, 2.24) is 0 Å². The molecule has 0 aliphatic heterocycles. The maximum absolute atomic E-state index is 2.40. The van der Waals surface area contributed by atoms with Crippen molar-refractivity contribution in [2.24, 2.45) is 0 Å². The third-order valence-electron chi connectivity index (χ3n) is 8.73. The fraction of sp³-hybridized carbons (Fsp3) is 0.0233. The second-order valence-corrected chi connectivity index (χ2v) is 11.4. The Labute approximate surface area is 252 Å². The molecule has 43 heavy (non-hydrogen) atoms. The van der Waals surface area contributed by atoms with Gasteiger partial charge in [-0.3, -0.25) is 0 Å². The molecule has 8 rings (SSSR count). The van der Waals surface area contributed by atoms with Crippen molar-refractivity contribution >= 4 is 32.3 Å². The van der Waals surface area contributed by atoms with Gasteiger partial charge in [-0.15, -0.1) is 0 Å². The van der Waals surface area contributed by atoms with Gasteiger partial charge in [0.15, 0.2) is 0 Å². The zero-order chi connectivity index (χ0) is 28.8. The van der Waals surface area contributed by atoms with Crippen LogP contribution in [-0.2, 0) is 0 Å². The second-order valence-electron chi connectivity index (χ2n) is 11.4. The first kappa shape index (κ1) is 25.3. The van der Waals surface area contributed by atoms with Crippen LogP contribution in [0.3, 0.4) is 0 Å². The van der Waals surface area contributed by atoms with Gasteiger partial charge in [0.1, 0.15) is 0 Å². The van der Waals surface area contributed by atoms with Crippen LogP contribution in [-0.4, -0.2) is 0 Å². The number of aryl methyl sites for hydroxylation is 1. The Bertz CT molecular complexity index is 2250. The van der Waals surface area contributed by atoms with Crippen molar-refractivity contribution in [3.63, 3.8) is 0 Å². The van der Waals surface area contributed by atoms with Gasteiger partial charge in [0.05, 0.1) is 0 Å². The predicted molar refractivity (Wildman–Crippen MR) is 185 cm³/mol. The summed E-state index contributed by atoms with van der Waals surface area (Å²) in [5, 5.41) is 7.60. The Morgan fingerprint density at radius 3 is 1.51 bits per heavy atom. The normalized spacial score (nSPS) is 11.4. The summed E-state index contributed by atoms with van der Waals surface area (Å²) in [6.45, 7) is 2.14. The van der Waals surface area contributed by atoms with Gasteiger partial charge in [0.2, 0.25) is 0 Å². The van der Waals surface area contributed by atoms with E-state index >= 15 is 0 Å². The maximum Gasteiger partial charge on any atom is -0.00259 e. The second kappa shape index (κ2) is 10.4. The van der Waals surface area contributed by atoms with Crippen molar-refractivity contribution < 1.29 is 0 Å². The molecule has 0 N–H and O–H groups in total. The average Bonchev–Trinajstić information content (AvgIpc) is 3.07. The lowest BCUT2D eigenvalue weighted by atomic mass is 9.84. The summed E-state index contributed by atoms with van der Waals surface area (Å²) in [5.41, 5.74) is 11.2. The van der Waals surface area contributed by atoms with Crippen molar-refractivity contribution in [3.8, 4) is 44.5 Å². The van der Waals surface area contributed by atoms with Gasteiger partial charge in [-0.1, -0.05) is 157 Å². The van der Waals surface area contributed by atoms with E-state index in [-0.39, 0.29) is 0 Å². The molecule has 0 amide bonds. The van der Waals surface area contributed by atoms with E-state index in [1.54, 1.807) is 0 Å². The summed E-state index contributed by atoms with van der Waals surface area (Å²) in [6, 6.07) is 60.0. The first-order valence-corrected chi connectivity index (χ1v) is 14.9. The summed E-state index contributed by atoms with van der Waals surface area (Å²) in [4.78, 5) is 0. The van der Waals surface area contributed by atoms with E-state index < -0.39 is 0 Å². The van der Waals surface area contributed by atoms with Crippen molar-refractivity contribution in [1.29, 1.82) is 0 Å². The Morgan fingerprint density at radius 2 is 0.767 bits per heavy atom. The molecule has 0 bridgehead atoms. The standard InChI is InChI=1S/C43H30/c1-29-15-17-33(18-16-29)36-25-26-40-41(28-36)43(37-24-21-31-11-5-6-12-35(31)27-37)39-14-8-7-13-38(39)42(40)34-22-19-32(20-23-34)30-9-3-2-4-10-30/h2-28H,1H3. The van der Waals surface area contributed by atoms with E-state index in [0.717, 1.165) is 0 Å². The van der Waals surface area contributed by atoms with E-state index in [0.29, 0.717) is 0 Å². The van der Waals surface area contributed by atoms with Crippen LogP contribution in [0.2, 0.25) is 0 Å². The molecule has 202 valence electrons. The third-order valence-corrected chi connectivity index (χ3v) is 8.73. The minimum Gasteiger partial charge on any atom is -0.0622 e. The third kappa shape index (κ3) is 4.49. The van der Waals surface area contributed by atoms with Gasteiger partial charge < -0.3 is 0 Å². The van der Waals surface area contributed by atoms with E-state index in [4.69, 9.17) is 0 Å². The summed E-state index contributed by atoms with van der Waals surface area (Å²) in [5.74, 6) is 0. The highest BCUT2D eigenvalue weighted by Crippen LogP contribution is 2.45. The molecule has 8 aromatic carbocycles. The highest BCUT2D eigenvalue weighted by atomic mass is 14.2. The number of hydrogen-bond donors (Lipinski definition) is 0. The number of benzene rings is 8. The zero-order valence-electron chi connectivity index (χ0n) is 24.1. The number of rotatable bonds is 4. The molecule has 0 radical (unpaired) electrons. The van der Waals surface area contributed by atoms with Gasteiger partial charge in [0, 0.05) is 0 Å². The monoisotopic (exact) mass is 546 g/mol. The molecule has 0 aromatic heterocycles. The molecule has 0 fully saturated rings. The topological polar surface area (TPSA) is 0 Å². The first-order chi connectivity index (χ1) is 21.2. The van der Waals surface area contributed by atoms with E-state index in [1.165, 1.54) is 82.4 Å². The SMILES string of the molecule is Cc1ccc(-c2ccc3c(-c4ccc(-c5ccccc5)cc4)c4ccccc4c(-c4ccc5ccccc5c4)c3c2)cc1. The molecule has 0 saturated carbocycles. The van der Waals surface area contributed by atoms with Gasteiger partial charge >= 0.3 is 0 Å². The number of fused-ring (bicyclic) bond motifs is 3. The molecule has 0 aliphatic rings. The molecule has 0 unspecified atom stereocenters. The van der Waals surface area contributed by atoms with E-state index in [1.807, 2.05) is 0 Å². The van der Waals surface area contributed by atoms with Crippen LogP contribution >= 0.6 is 0 Å². The highest BCUT2D eigenvalue weighted by Gasteiger charge is 2.18. The smallest absolute Gasteiger partial charge is 0.00259 e.